The van der Waals surface area contributed by atoms with Crippen molar-refractivity contribution in [1.29, 1.82) is 0 Å². The molecule has 0 amide bonds. The number of methoxy groups -OCH3 is 1. The summed E-state index contributed by atoms with van der Waals surface area (Å²) in [5, 5.41) is 13.7. The van der Waals surface area contributed by atoms with Crippen molar-refractivity contribution in [3.05, 3.63) is 46.2 Å². The van der Waals surface area contributed by atoms with E-state index in [1.54, 1.807) is 25.4 Å². The van der Waals surface area contributed by atoms with Crippen molar-refractivity contribution in [3.63, 3.8) is 0 Å². The molecule has 102 valence electrons. The Balaban J connectivity index is 1.99. The van der Waals surface area contributed by atoms with Crippen LogP contribution in [0.3, 0.4) is 0 Å². The number of aliphatic hydroxyl groups is 1. The molecule has 0 aliphatic heterocycles. The van der Waals surface area contributed by atoms with Gasteiger partial charge in [-0.1, -0.05) is 6.07 Å². The van der Waals surface area contributed by atoms with Crippen LogP contribution in [0.4, 0.5) is 0 Å². The first-order chi connectivity index (χ1) is 9.20. The highest BCUT2D eigenvalue weighted by Gasteiger charge is 2.08. The normalized spacial score (nSPS) is 12.2. The molecule has 4 heteroatoms. The van der Waals surface area contributed by atoms with Crippen molar-refractivity contribution in [2.24, 2.45) is 0 Å². The molecule has 0 aliphatic rings. The molecule has 1 aromatic heterocycles. The second-order valence-corrected chi connectivity index (χ2v) is 5.10. The van der Waals surface area contributed by atoms with Gasteiger partial charge in [-0.2, -0.15) is 11.3 Å². The zero-order valence-electron chi connectivity index (χ0n) is 11.1. The monoisotopic (exact) mass is 278 g/mol. The lowest BCUT2D eigenvalue weighted by atomic mass is 10.1. The summed E-state index contributed by atoms with van der Waals surface area (Å²) in [5.41, 5.74) is 2.10. The lowest BCUT2D eigenvalue weighted by Crippen LogP contribution is -2.03. The third-order valence-electron chi connectivity index (χ3n) is 2.90. The smallest absolute Gasteiger partial charge is 0.161 e. The predicted octanol–water partition coefficient (Wildman–Crippen LogP) is 3.43. The van der Waals surface area contributed by atoms with Gasteiger partial charge >= 0.3 is 0 Å². The summed E-state index contributed by atoms with van der Waals surface area (Å²) in [6.45, 7) is 2.34. The van der Waals surface area contributed by atoms with Gasteiger partial charge in [0.15, 0.2) is 11.5 Å². The van der Waals surface area contributed by atoms with Crippen LogP contribution in [0.2, 0.25) is 0 Å². The molecule has 0 saturated carbocycles. The summed E-state index contributed by atoms with van der Waals surface area (Å²) in [5.74, 6) is 1.37. The summed E-state index contributed by atoms with van der Waals surface area (Å²) in [7, 11) is 1.60. The molecule has 0 radical (unpaired) electrons. The van der Waals surface area contributed by atoms with Gasteiger partial charge in [0.1, 0.15) is 0 Å². The van der Waals surface area contributed by atoms with Gasteiger partial charge in [-0.15, -0.1) is 0 Å². The first-order valence-electron chi connectivity index (χ1n) is 6.20. The highest BCUT2D eigenvalue weighted by Crippen LogP contribution is 2.30. The van der Waals surface area contributed by atoms with Crippen LogP contribution in [-0.4, -0.2) is 18.8 Å². The van der Waals surface area contributed by atoms with Crippen molar-refractivity contribution < 1.29 is 14.6 Å². The largest absolute Gasteiger partial charge is 0.493 e. The third kappa shape index (κ3) is 3.72. The minimum atomic E-state index is -0.506. The Morgan fingerprint density at radius 1 is 1.26 bits per heavy atom. The standard InChI is InChI=1S/C15H18O3S/c1-11(16)13-3-4-14(15(9-13)17-2)18-7-5-12-6-8-19-10-12/h3-4,6,8-11,16H,5,7H2,1-2H3/t11-/m0/s1. The molecule has 0 saturated heterocycles. The SMILES string of the molecule is COc1cc([C@H](C)O)ccc1OCCc1ccsc1. The molecular formula is C15H18O3S. The van der Waals surface area contributed by atoms with E-state index in [2.05, 4.69) is 16.8 Å². The van der Waals surface area contributed by atoms with E-state index >= 15 is 0 Å². The van der Waals surface area contributed by atoms with Crippen molar-refractivity contribution in [1.82, 2.24) is 0 Å². The quantitative estimate of drug-likeness (QED) is 0.879. The summed E-state index contributed by atoms with van der Waals surface area (Å²) >= 11 is 1.69. The summed E-state index contributed by atoms with van der Waals surface area (Å²) in [4.78, 5) is 0. The molecule has 3 nitrogen and oxygen atoms in total. The van der Waals surface area contributed by atoms with Gasteiger partial charge in [0.05, 0.1) is 19.8 Å². The average Bonchev–Trinajstić information content (AvgIpc) is 2.92. The Labute approximate surface area is 117 Å². The van der Waals surface area contributed by atoms with Gasteiger partial charge in [-0.3, -0.25) is 0 Å². The van der Waals surface area contributed by atoms with E-state index < -0.39 is 6.10 Å². The van der Waals surface area contributed by atoms with Crippen molar-refractivity contribution in [2.75, 3.05) is 13.7 Å². The number of benzene rings is 1. The molecule has 0 aliphatic carbocycles. The fourth-order valence-corrected chi connectivity index (χ4v) is 2.48. The van der Waals surface area contributed by atoms with E-state index in [0.29, 0.717) is 18.1 Å². The second kappa shape index (κ2) is 6.59. The Morgan fingerprint density at radius 2 is 2.11 bits per heavy atom. The molecule has 0 fully saturated rings. The minimum Gasteiger partial charge on any atom is -0.493 e. The molecule has 1 N–H and O–H groups in total. The second-order valence-electron chi connectivity index (χ2n) is 4.32. The van der Waals surface area contributed by atoms with E-state index in [-0.39, 0.29) is 0 Å². The fourth-order valence-electron chi connectivity index (χ4n) is 1.78. The summed E-state index contributed by atoms with van der Waals surface area (Å²) in [6.07, 6.45) is 0.374. The van der Waals surface area contributed by atoms with Crippen LogP contribution >= 0.6 is 11.3 Å². The Hall–Kier alpha value is -1.52. The molecule has 2 aromatic rings. The van der Waals surface area contributed by atoms with E-state index in [0.717, 1.165) is 12.0 Å². The van der Waals surface area contributed by atoms with E-state index in [4.69, 9.17) is 9.47 Å². The third-order valence-corrected chi connectivity index (χ3v) is 3.63. The highest BCUT2D eigenvalue weighted by atomic mass is 32.1. The molecule has 1 aromatic carbocycles. The van der Waals surface area contributed by atoms with Gasteiger partial charge in [0.2, 0.25) is 0 Å². The van der Waals surface area contributed by atoms with E-state index in [1.165, 1.54) is 5.56 Å². The first-order valence-corrected chi connectivity index (χ1v) is 7.15. The number of aliphatic hydroxyl groups excluding tert-OH is 1. The number of rotatable bonds is 6. The molecule has 1 heterocycles. The van der Waals surface area contributed by atoms with Crippen molar-refractivity contribution in [2.45, 2.75) is 19.4 Å². The molecule has 0 bridgehead atoms. The van der Waals surface area contributed by atoms with E-state index in [9.17, 15) is 5.11 Å². The molecule has 2 rings (SSSR count). The van der Waals surface area contributed by atoms with Crippen LogP contribution in [0.25, 0.3) is 0 Å². The van der Waals surface area contributed by atoms with Crippen molar-refractivity contribution >= 4 is 11.3 Å². The molecule has 0 spiro atoms. The summed E-state index contributed by atoms with van der Waals surface area (Å²) in [6, 6.07) is 7.61. The molecule has 1 atom stereocenters. The average molecular weight is 278 g/mol. The van der Waals surface area contributed by atoms with Crippen LogP contribution in [0.1, 0.15) is 24.2 Å². The highest BCUT2D eigenvalue weighted by molar-refractivity contribution is 7.07. The number of hydrogen-bond donors (Lipinski definition) is 1. The zero-order valence-corrected chi connectivity index (χ0v) is 11.9. The maximum absolute atomic E-state index is 9.54. The van der Waals surface area contributed by atoms with Crippen LogP contribution < -0.4 is 9.47 Å². The lowest BCUT2D eigenvalue weighted by molar-refractivity contribution is 0.198. The van der Waals surface area contributed by atoms with Crippen LogP contribution in [0.15, 0.2) is 35.0 Å². The molecule has 19 heavy (non-hydrogen) atoms. The minimum absolute atomic E-state index is 0.506. The van der Waals surface area contributed by atoms with Gasteiger partial charge in [-0.05, 0) is 47.0 Å². The number of hydrogen-bond acceptors (Lipinski definition) is 4. The predicted molar refractivity (Wildman–Crippen MR) is 77.1 cm³/mol. The lowest BCUT2D eigenvalue weighted by Gasteiger charge is -2.13. The Morgan fingerprint density at radius 3 is 2.74 bits per heavy atom. The first kappa shape index (κ1) is 13.9. The number of ether oxygens (including phenoxy) is 2. The Kier molecular flexibility index (Phi) is 4.82. The zero-order chi connectivity index (χ0) is 13.7. The van der Waals surface area contributed by atoms with Gasteiger partial charge in [0.25, 0.3) is 0 Å². The Bertz CT molecular complexity index is 506. The topological polar surface area (TPSA) is 38.7 Å². The maximum Gasteiger partial charge on any atom is 0.161 e. The van der Waals surface area contributed by atoms with Crippen LogP contribution in [-0.2, 0) is 6.42 Å². The molecule has 0 unspecified atom stereocenters. The van der Waals surface area contributed by atoms with Crippen LogP contribution in [0.5, 0.6) is 11.5 Å². The summed E-state index contributed by atoms with van der Waals surface area (Å²) < 4.78 is 11.0. The van der Waals surface area contributed by atoms with Crippen molar-refractivity contribution in [3.8, 4) is 11.5 Å². The fraction of sp³-hybridized carbons (Fsp3) is 0.333. The number of thiophene rings is 1. The van der Waals surface area contributed by atoms with Gasteiger partial charge < -0.3 is 14.6 Å². The van der Waals surface area contributed by atoms with E-state index in [1.807, 2.05) is 18.2 Å². The van der Waals surface area contributed by atoms with Gasteiger partial charge in [0, 0.05) is 6.42 Å². The molecular weight excluding hydrogens is 260 g/mol. The van der Waals surface area contributed by atoms with Gasteiger partial charge in [-0.25, -0.2) is 0 Å². The maximum atomic E-state index is 9.54. The van der Waals surface area contributed by atoms with Crippen LogP contribution in [0, 0.1) is 0 Å².